The molecule has 0 saturated heterocycles. The smallest absolute Gasteiger partial charge is 0.0234 e. The summed E-state index contributed by atoms with van der Waals surface area (Å²) in [5.41, 5.74) is 0. The Morgan fingerprint density at radius 3 is 2.05 bits per heavy atom. The van der Waals surface area contributed by atoms with Gasteiger partial charge in [0.25, 0.3) is 0 Å². The van der Waals surface area contributed by atoms with Crippen LogP contribution < -0.4 is 0 Å². The molecule has 0 heterocycles. The summed E-state index contributed by atoms with van der Waals surface area (Å²) in [6, 6.07) is 0. The minimum Gasteiger partial charge on any atom is -0.0914 e. The van der Waals surface area contributed by atoms with E-state index in [1.165, 1.54) is 19.3 Å². The van der Waals surface area contributed by atoms with Crippen molar-refractivity contribution in [1.82, 2.24) is 0 Å². The SMILES string of the molecule is CC=CC(C)C(C)C(C)C(CC)C(C)C1CC(C)C1. The van der Waals surface area contributed by atoms with Gasteiger partial charge in [-0.3, -0.25) is 0 Å². The fourth-order valence-corrected chi connectivity index (χ4v) is 4.31. The molecule has 0 nitrogen and oxygen atoms in total. The van der Waals surface area contributed by atoms with Crippen molar-refractivity contribution in [3.8, 4) is 0 Å². The molecule has 19 heavy (non-hydrogen) atoms. The van der Waals surface area contributed by atoms with E-state index < -0.39 is 0 Å². The Morgan fingerprint density at radius 2 is 1.63 bits per heavy atom. The van der Waals surface area contributed by atoms with Gasteiger partial charge in [0.15, 0.2) is 0 Å². The lowest BCUT2D eigenvalue weighted by atomic mass is 9.62. The molecule has 5 atom stereocenters. The molecule has 0 amide bonds. The molecule has 0 aliphatic heterocycles. The molecule has 0 aromatic heterocycles. The predicted molar refractivity (Wildman–Crippen MR) is 87.1 cm³/mol. The molecule has 1 rings (SSSR count). The van der Waals surface area contributed by atoms with Crippen molar-refractivity contribution in [3.05, 3.63) is 12.2 Å². The number of rotatable bonds is 7. The third-order valence-corrected chi connectivity index (χ3v) is 6.13. The van der Waals surface area contributed by atoms with Crippen LogP contribution in [-0.4, -0.2) is 0 Å². The normalized spacial score (nSPS) is 31.5. The summed E-state index contributed by atoms with van der Waals surface area (Å²) in [6.07, 6.45) is 8.89. The quantitative estimate of drug-likeness (QED) is 0.482. The van der Waals surface area contributed by atoms with Gasteiger partial charge in [0.2, 0.25) is 0 Å². The van der Waals surface area contributed by atoms with Crippen LogP contribution in [0.25, 0.3) is 0 Å². The van der Waals surface area contributed by atoms with E-state index in [0.29, 0.717) is 5.92 Å². The second kappa shape index (κ2) is 7.50. The zero-order valence-corrected chi connectivity index (χ0v) is 14.3. The molecule has 0 aromatic carbocycles. The predicted octanol–water partition coefficient (Wildman–Crippen LogP) is 6.18. The lowest BCUT2D eigenvalue weighted by Crippen LogP contribution is -2.36. The van der Waals surface area contributed by atoms with Gasteiger partial charge in [-0.2, -0.15) is 0 Å². The molecule has 0 N–H and O–H groups in total. The summed E-state index contributed by atoms with van der Waals surface area (Å²) >= 11 is 0. The van der Waals surface area contributed by atoms with Crippen LogP contribution in [0, 0.1) is 41.4 Å². The maximum absolute atomic E-state index is 2.52. The van der Waals surface area contributed by atoms with Crippen molar-refractivity contribution in [1.29, 1.82) is 0 Å². The highest BCUT2D eigenvalue weighted by atomic mass is 14.4. The molecular weight excluding hydrogens is 228 g/mol. The molecule has 0 radical (unpaired) electrons. The Labute approximate surface area is 122 Å². The van der Waals surface area contributed by atoms with Gasteiger partial charge in [-0.05, 0) is 61.2 Å². The topological polar surface area (TPSA) is 0 Å². The molecule has 1 aliphatic carbocycles. The van der Waals surface area contributed by atoms with Crippen LogP contribution in [-0.2, 0) is 0 Å². The van der Waals surface area contributed by atoms with E-state index >= 15 is 0 Å². The fraction of sp³-hybridized carbons (Fsp3) is 0.895. The van der Waals surface area contributed by atoms with Gasteiger partial charge in [-0.15, -0.1) is 0 Å². The van der Waals surface area contributed by atoms with Gasteiger partial charge >= 0.3 is 0 Å². The lowest BCUT2D eigenvalue weighted by Gasteiger charge is -2.44. The summed E-state index contributed by atoms with van der Waals surface area (Å²) < 4.78 is 0. The third kappa shape index (κ3) is 4.10. The zero-order valence-electron chi connectivity index (χ0n) is 14.3. The zero-order chi connectivity index (χ0) is 14.6. The maximum Gasteiger partial charge on any atom is -0.0234 e. The summed E-state index contributed by atoms with van der Waals surface area (Å²) in [4.78, 5) is 0. The van der Waals surface area contributed by atoms with Crippen molar-refractivity contribution in [2.24, 2.45) is 41.4 Å². The summed E-state index contributed by atoms with van der Waals surface area (Å²) in [5, 5.41) is 0. The van der Waals surface area contributed by atoms with E-state index in [-0.39, 0.29) is 0 Å². The Kier molecular flexibility index (Phi) is 6.63. The van der Waals surface area contributed by atoms with E-state index in [2.05, 4.69) is 60.6 Å². The first-order valence-electron chi connectivity index (χ1n) is 8.55. The third-order valence-electron chi connectivity index (χ3n) is 6.13. The second-order valence-corrected chi connectivity index (χ2v) is 7.37. The van der Waals surface area contributed by atoms with E-state index in [1.54, 1.807) is 0 Å². The van der Waals surface area contributed by atoms with E-state index in [0.717, 1.165) is 35.5 Å². The van der Waals surface area contributed by atoms with Crippen LogP contribution in [0.4, 0.5) is 0 Å². The van der Waals surface area contributed by atoms with Crippen LogP contribution >= 0.6 is 0 Å². The highest BCUT2D eigenvalue weighted by Gasteiger charge is 2.36. The molecular formula is C19H36. The molecule has 5 unspecified atom stereocenters. The second-order valence-electron chi connectivity index (χ2n) is 7.37. The number of allylic oxidation sites excluding steroid dienone is 2. The standard InChI is InChI=1S/C19H36/c1-8-10-14(4)15(5)16(6)19(9-2)17(7)18-11-13(3)12-18/h8,10,13-19H,9,11-12H2,1-7H3. The van der Waals surface area contributed by atoms with Gasteiger partial charge in [-0.25, -0.2) is 0 Å². The molecule has 1 aliphatic rings. The molecule has 0 spiro atoms. The van der Waals surface area contributed by atoms with Crippen molar-refractivity contribution < 1.29 is 0 Å². The van der Waals surface area contributed by atoms with Gasteiger partial charge < -0.3 is 0 Å². The van der Waals surface area contributed by atoms with E-state index in [9.17, 15) is 0 Å². The molecule has 112 valence electrons. The van der Waals surface area contributed by atoms with Crippen molar-refractivity contribution in [2.45, 2.75) is 67.7 Å². The van der Waals surface area contributed by atoms with Crippen LogP contribution in [0.1, 0.15) is 67.7 Å². The van der Waals surface area contributed by atoms with Gasteiger partial charge in [-0.1, -0.05) is 60.1 Å². The van der Waals surface area contributed by atoms with Gasteiger partial charge in [0.1, 0.15) is 0 Å². The monoisotopic (exact) mass is 264 g/mol. The summed E-state index contributed by atoms with van der Waals surface area (Å²) in [7, 11) is 0. The minimum absolute atomic E-state index is 0.710. The first-order chi connectivity index (χ1) is 8.92. The van der Waals surface area contributed by atoms with Crippen LogP contribution in [0.5, 0.6) is 0 Å². The number of hydrogen-bond acceptors (Lipinski definition) is 0. The van der Waals surface area contributed by atoms with Gasteiger partial charge in [0.05, 0.1) is 0 Å². The Bertz CT molecular complexity index is 272. The highest BCUT2D eigenvalue weighted by molar-refractivity contribution is 4.91. The first kappa shape index (κ1) is 16.8. The Balaban J connectivity index is 2.62. The highest BCUT2D eigenvalue weighted by Crippen LogP contribution is 2.45. The Hall–Kier alpha value is -0.260. The summed E-state index contributed by atoms with van der Waals surface area (Å²) in [5.74, 6) is 6.15. The van der Waals surface area contributed by atoms with Crippen molar-refractivity contribution in [3.63, 3.8) is 0 Å². The minimum atomic E-state index is 0.710. The van der Waals surface area contributed by atoms with Crippen LogP contribution in [0.3, 0.4) is 0 Å². The van der Waals surface area contributed by atoms with Gasteiger partial charge in [0, 0.05) is 0 Å². The molecule has 0 heteroatoms. The van der Waals surface area contributed by atoms with Crippen LogP contribution in [0.15, 0.2) is 12.2 Å². The first-order valence-corrected chi connectivity index (χ1v) is 8.55. The lowest BCUT2D eigenvalue weighted by molar-refractivity contribution is 0.0606. The van der Waals surface area contributed by atoms with E-state index in [1.807, 2.05) is 0 Å². The van der Waals surface area contributed by atoms with Crippen molar-refractivity contribution in [2.75, 3.05) is 0 Å². The number of hydrogen-bond donors (Lipinski definition) is 0. The molecule has 0 bridgehead atoms. The average Bonchev–Trinajstić information content (AvgIpc) is 2.34. The fourth-order valence-electron chi connectivity index (χ4n) is 4.31. The molecule has 1 saturated carbocycles. The average molecular weight is 264 g/mol. The van der Waals surface area contributed by atoms with Crippen molar-refractivity contribution >= 4 is 0 Å². The summed E-state index contributed by atoms with van der Waals surface area (Å²) in [6.45, 7) is 16.8. The maximum atomic E-state index is 2.52. The van der Waals surface area contributed by atoms with E-state index in [4.69, 9.17) is 0 Å². The van der Waals surface area contributed by atoms with Crippen LogP contribution in [0.2, 0.25) is 0 Å². The Morgan fingerprint density at radius 1 is 1.05 bits per heavy atom. The molecule has 1 fully saturated rings. The largest absolute Gasteiger partial charge is 0.0914 e. The molecule has 0 aromatic rings.